The van der Waals surface area contributed by atoms with E-state index in [1.807, 2.05) is 6.07 Å². The van der Waals surface area contributed by atoms with Crippen molar-refractivity contribution < 1.29 is 24.1 Å². The van der Waals surface area contributed by atoms with Gasteiger partial charge in [0.05, 0.1) is 12.8 Å². The van der Waals surface area contributed by atoms with E-state index in [9.17, 15) is 9.90 Å². The van der Waals surface area contributed by atoms with Crippen molar-refractivity contribution in [1.82, 2.24) is 5.43 Å². The highest BCUT2D eigenvalue weighted by Gasteiger charge is 2.27. The second-order valence-corrected chi connectivity index (χ2v) is 5.42. The van der Waals surface area contributed by atoms with Gasteiger partial charge in [0.2, 0.25) is 6.10 Å². The highest BCUT2D eigenvalue weighted by molar-refractivity contribution is 6.01. The maximum Gasteiger partial charge on any atom is 0.284 e. The minimum Gasteiger partial charge on any atom is -0.507 e. The van der Waals surface area contributed by atoms with Crippen molar-refractivity contribution in [3.63, 3.8) is 0 Å². The van der Waals surface area contributed by atoms with Gasteiger partial charge in [-0.3, -0.25) is 4.79 Å². The number of nitrogens with zero attached hydrogens (tertiary/aromatic N) is 1. The van der Waals surface area contributed by atoms with Crippen molar-refractivity contribution in [2.24, 2.45) is 5.10 Å². The molecule has 7 nitrogen and oxygen atoms in total. The number of benzene rings is 2. The summed E-state index contributed by atoms with van der Waals surface area (Å²) in [7, 11) is 1.51. The van der Waals surface area contributed by atoms with Gasteiger partial charge < -0.3 is 19.3 Å². The lowest BCUT2D eigenvalue weighted by Gasteiger charge is -2.24. The molecule has 0 unspecified atom stereocenters. The molecule has 2 N–H and O–H groups in total. The number of hydrogen-bond acceptors (Lipinski definition) is 6. The van der Waals surface area contributed by atoms with E-state index in [0.717, 1.165) is 0 Å². The van der Waals surface area contributed by atoms with Crippen LogP contribution in [0.5, 0.6) is 23.0 Å². The summed E-state index contributed by atoms with van der Waals surface area (Å²) < 4.78 is 16.2. The standard InChI is InChI=1S/C18H18N2O5/c1-11(13-8-7-12(23-2)9-14(13)21)19-20-18(22)17-10-24-15-5-3-4-6-16(15)25-17/h3-9,17,21H,10H2,1-2H3,(H,20,22)/b19-11+/t17-/m0/s1. The molecule has 3 rings (SSSR count). The van der Waals surface area contributed by atoms with E-state index in [0.29, 0.717) is 28.5 Å². The van der Waals surface area contributed by atoms with Crippen LogP contribution in [-0.2, 0) is 4.79 Å². The monoisotopic (exact) mass is 342 g/mol. The zero-order valence-corrected chi connectivity index (χ0v) is 13.9. The first kappa shape index (κ1) is 16.6. The smallest absolute Gasteiger partial charge is 0.284 e. The van der Waals surface area contributed by atoms with Crippen LogP contribution >= 0.6 is 0 Å². The number of phenolic OH excluding ortho intramolecular Hbond substituents is 1. The maximum atomic E-state index is 12.2. The van der Waals surface area contributed by atoms with Gasteiger partial charge in [0.15, 0.2) is 11.5 Å². The number of fused-ring (bicyclic) bond motifs is 1. The molecule has 0 spiro atoms. The summed E-state index contributed by atoms with van der Waals surface area (Å²) in [6, 6.07) is 12.0. The number of rotatable bonds is 4. The number of ether oxygens (including phenoxy) is 3. The van der Waals surface area contributed by atoms with Crippen molar-refractivity contribution >= 4 is 11.6 Å². The molecule has 1 amide bonds. The molecular weight excluding hydrogens is 324 g/mol. The Morgan fingerprint density at radius 2 is 2.04 bits per heavy atom. The van der Waals surface area contributed by atoms with E-state index in [4.69, 9.17) is 14.2 Å². The van der Waals surface area contributed by atoms with Crippen molar-refractivity contribution in [2.45, 2.75) is 13.0 Å². The van der Waals surface area contributed by atoms with Gasteiger partial charge >= 0.3 is 0 Å². The average Bonchev–Trinajstić information content (AvgIpc) is 2.65. The van der Waals surface area contributed by atoms with Crippen LogP contribution in [0.1, 0.15) is 12.5 Å². The normalized spacial score (nSPS) is 16.2. The quantitative estimate of drug-likeness (QED) is 0.656. The maximum absolute atomic E-state index is 12.2. The summed E-state index contributed by atoms with van der Waals surface area (Å²) in [5, 5.41) is 14.0. The van der Waals surface area contributed by atoms with Gasteiger partial charge in [-0.2, -0.15) is 5.10 Å². The zero-order valence-electron chi connectivity index (χ0n) is 13.9. The van der Waals surface area contributed by atoms with E-state index in [2.05, 4.69) is 10.5 Å². The highest BCUT2D eigenvalue weighted by atomic mass is 16.6. The Balaban J connectivity index is 1.66. The lowest BCUT2D eigenvalue weighted by Crippen LogP contribution is -2.42. The fourth-order valence-electron chi connectivity index (χ4n) is 2.36. The number of para-hydroxylation sites is 2. The van der Waals surface area contributed by atoms with Gasteiger partial charge in [-0.25, -0.2) is 5.43 Å². The molecule has 0 saturated carbocycles. The summed E-state index contributed by atoms with van der Waals surface area (Å²) >= 11 is 0. The largest absolute Gasteiger partial charge is 0.507 e. The van der Waals surface area contributed by atoms with E-state index >= 15 is 0 Å². The summed E-state index contributed by atoms with van der Waals surface area (Å²) in [6.07, 6.45) is -0.795. The summed E-state index contributed by atoms with van der Waals surface area (Å²) in [5.41, 5.74) is 3.38. The number of methoxy groups -OCH3 is 1. The van der Waals surface area contributed by atoms with E-state index in [-0.39, 0.29) is 12.4 Å². The van der Waals surface area contributed by atoms with Crippen molar-refractivity contribution in [3.05, 3.63) is 48.0 Å². The SMILES string of the molecule is COc1ccc(/C(C)=N/NC(=O)[C@@H]2COc3ccccc3O2)c(O)c1. The molecule has 7 heteroatoms. The van der Waals surface area contributed by atoms with Crippen molar-refractivity contribution in [2.75, 3.05) is 13.7 Å². The third kappa shape index (κ3) is 3.65. The molecule has 0 aliphatic carbocycles. The Labute approximate surface area is 144 Å². The molecule has 1 aliphatic heterocycles. The van der Waals surface area contributed by atoms with Gasteiger partial charge in [-0.1, -0.05) is 12.1 Å². The first-order chi connectivity index (χ1) is 12.1. The van der Waals surface area contributed by atoms with Crippen LogP contribution in [0.15, 0.2) is 47.6 Å². The molecule has 2 aromatic carbocycles. The van der Waals surface area contributed by atoms with Crippen LogP contribution in [0.3, 0.4) is 0 Å². The number of carbonyl (C=O) groups is 1. The highest BCUT2D eigenvalue weighted by Crippen LogP contribution is 2.30. The third-order valence-corrected chi connectivity index (χ3v) is 3.73. The number of nitrogens with one attached hydrogen (secondary N) is 1. The summed E-state index contributed by atoms with van der Waals surface area (Å²) in [5.74, 6) is 1.24. The number of hydrogen-bond donors (Lipinski definition) is 2. The molecule has 1 heterocycles. The van der Waals surface area contributed by atoms with Crippen LogP contribution in [0.4, 0.5) is 0 Å². The molecular formula is C18H18N2O5. The fraction of sp³-hybridized carbons (Fsp3) is 0.222. The van der Waals surface area contributed by atoms with E-state index in [1.165, 1.54) is 13.2 Å². The molecule has 0 aromatic heterocycles. The zero-order chi connectivity index (χ0) is 17.8. The summed E-state index contributed by atoms with van der Waals surface area (Å²) in [4.78, 5) is 12.2. The Kier molecular flexibility index (Phi) is 4.74. The number of hydrazone groups is 1. The van der Waals surface area contributed by atoms with Gasteiger partial charge in [-0.05, 0) is 31.2 Å². The second kappa shape index (κ2) is 7.12. The molecule has 0 fully saturated rings. The van der Waals surface area contributed by atoms with Gasteiger partial charge in [0.25, 0.3) is 5.91 Å². The van der Waals surface area contributed by atoms with Gasteiger partial charge in [0.1, 0.15) is 18.1 Å². The topological polar surface area (TPSA) is 89.4 Å². The Morgan fingerprint density at radius 3 is 2.76 bits per heavy atom. The Hall–Kier alpha value is -3.22. The lowest BCUT2D eigenvalue weighted by molar-refractivity contribution is -0.130. The number of amides is 1. The fourth-order valence-corrected chi connectivity index (χ4v) is 2.36. The predicted octanol–water partition coefficient (Wildman–Crippen LogP) is 2.08. The second-order valence-electron chi connectivity index (χ2n) is 5.42. The lowest BCUT2D eigenvalue weighted by atomic mass is 10.1. The molecule has 0 radical (unpaired) electrons. The average molecular weight is 342 g/mol. The molecule has 130 valence electrons. The predicted molar refractivity (Wildman–Crippen MR) is 91.4 cm³/mol. The van der Waals surface area contributed by atoms with Crippen LogP contribution in [0, 0.1) is 0 Å². The van der Waals surface area contributed by atoms with Crippen molar-refractivity contribution in [3.8, 4) is 23.0 Å². The third-order valence-electron chi connectivity index (χ3n) is 3.73. The number of phenols is 1. The number of carbonyl (C=O) groups excluding carboxylic acids is 1. The van der Waals surface area contributed by atoms with E-state index in [1.54, 1.807) is 37.3 Å². The van der Waals surface area contributed by atoms with Crippen LogP contribution in [0.25, 0.3) is 0 Å². The summed E-state index contributed by atoms with van der Waals surface area (Å²) in [6.45, 7) is 1.78. The molecule has 25 heavy (non-hydrogen) atoms. The molecule has 0 saturated heterocycles. The van der Waals surface area contributed by atoms with Gasteiger partial charge in [-0.15, -0.1) is 0 Å². The Morgan fingerprint density at radius 1 is 1.28 bits per heavy atom. The molecule has 1 aliphatic rings. The minimum absolute atomic E-state index is 0.0148. The molecule has 1 atom stereocenters. The van der Waals surface area contributed by atoms with Crippen LogP contribution < -0.4 is 19.6 Å². The van der Waals surface area contributed by atoms with Crippen LogP contribution in [0.2, 0.25) is 0 Å². The van der Waals surface area contributed by atoms with Crippen LogP contribution in [-0.4, -0.2) is 36.5 Å². The van der Waals surface area contributed by atoms with Crippen molar-refractivity contribution in [1.29, 1.82) is 0 Å². The first-order valence-electron chi connectivity index (χ1n) is 7.68. The molecule has 2 aromatic rings. The Bertz CT molecular complexity index is 819. The molecule has 0 bridgehead atoms. The first-order valence-corrected chi connectivity index (χ1v) is 7.68. The van der Waals surface area contributed by atoms with Gasteiger partial charge in [0, 0.05) is 11.6 Å². The minimum atomic E-state index is -0.795. The van der Waals surface area contributed by atoms with E-state index < -0.39 is 12.0 Å². The number of aromatic hydroxyl groups is 1.